The van der Waals surface area contributed by atoms with Crippen molar-refractivity contribution in [2.24, 2.45) is 11.8 Å². The van der Waals surface area contributed by atoms with Gasteiger partial charge >= 0.3 is 0 Å². The Morgan fingerprint density at radius 2 is 2.06 bits per heavy atom. The van der Waals surface area contributed by atoms with Gasteiger partial charge in [-0.15, -0.1) is 0 Å². The van der Waals surface area contributed by atoms with Gasteiger partial charge in [0.15, 0.2) is 0 Å². The van der Waals surface area contributed by atoms with Gasteiger partial charge in [0.1, 0.15) is 0 Å². The van der Waals surface area contributed by atoms with Gasteiger partial charge < -0.3 is 10.2 Å². The fourth-order valence-electron chi connectivity index (χ4n) is 3.23. The SMILES string of the molecule is CC1(C2CC2)CN(CCC2CC2)CCCN1. The minimum Gasteiger partial charge on any atom is -0.310 e. The van der Waals surface area contributed by atoms with E-state index in [1.807, 2.05) is 0 Å². The summed E-state index contributed by atoms with van der Waals surface area (Å²) in [4.78, 5) is 2.73. The van der Waals surface area contributed by atoms with Crippen LogP contribution in [0.3, 0.4) is 0 Å². The maximum Gasteiger partial charge on any atom is 0.0308 e. The monoisotopic (exact) mass is 222 g/mol. The Kier molecular flexibility index (Phi) is 2.97. The zero-order chi connectivity index (χ0) is 11.0. The van der Waals surface area contributed by atoms with E-state index in [1.54, 1.807) is 0 Å². The molecule has 0 spiro atoms. The smallest absolute Gasteiger partial charge is 0.0308 e. The number of rotatable bonds is 4. The predicted octanol–water partition coefficient (Wildman–Crippen LogP) is 2.25. The Morgan fingerprint density at radius 3 is 2.75 bits per heavy atom. The summed E-state index contributed by atoms with van der Waals surface area (Å²) in [6, 6.07) is 0. The third-order valence-corrected chi connectivity index (χ3v) is 4.76. The van der Waals surface area contributed by atoms with Crippen LogP contribution < -0.4 is 5.32 Å². The number of nitrogens with one attached hydrogen (secondary N) is 1. The van der Waals surface area contributed by atoms with Crippen molar-refractivity contribution in [3.63, 3.8) is 0 Å². The second-order valence-corrected chi connectivity index (χ2v) is 6.48. The van der Waals surface area contributed by atoms with Crippen molar-refractivity contribution in [2.75, 3.05) is 26.2 Å². The lowest BCUT2D eigenvalue weighted by Gasteiger charge is -2.34. The van der Waals surface area contributed by atoms with Gasteiger partial charge in [0.2, 0.25) is 0 Å². The third kappa shape index (κ3) is 2.60. The van der Waals surface area contributed by atoms with Crippen LogP contribution >= 0.6 is 0 Å². The van der Waals surface area contributed by atoms with Gasteiger partial charge in [-0.3, -0.25) is 0 Å². The molecule has 0 aromatic carbocycles. The molecule has 0 bridgehead atoms. The highest BCUT2D eigenvalue weighted by Crippen LogP contribution is 2.40. The van der Waals surface area contributed by atoms with E-state index in [9.17, 15) is 0 Å². The van der Waals surface area contributed by atoms with Crippen LogP contribution in [0.2, 0.25) is 0 Å². The van der Waals surface area contributed by atoms with Crippen molar-refractivity contribution in [2.45, 2.75) is 51.0 Å². The first-order chi connectivity index (χ1) is 7.76. The van der Waals surface area contributed by atoms with E-state index in [-0.39, 0.29) is 0 Å². The quantitative estimate of drug-likeness (QED) is 0.785. The molecule has 1 aliphatic heterocycles. The first-order valence-corrected chi connectivity index (χ1v) is 7.24. The minimum absolute atomic E-state index is 0.431. The molecule has 0 amide bonds. The van der Waals surface area contributed by atoms with Crippen molar-refractivity contribution >= 4 is 0 Å². The van der Waals surface area contributed by atoms with E-state index in [1.165, 1.54) is 64.7 Å². The molecule has 3 fully saturated rings. The van der Waals surface area contributed by atoms with Crippen molar-refractivity contribution in [3.8, 4) is 0 Å². The molecule has 3 rings (SSSR count). The topological polar surface area (TPSA) is 15.3 Å². The summed E-state index contributed by atoms with van der Waals surface area (Å²) in [5.41, 5.74) is 0.431. The molecule has 1 saturated heterocycles. The van der Waals surface area contributed by atoms with Crippen molar-refractivity contribution in [1.29, 1.82) is 0 Å². The molecule has 2 saturated carbocycles. The first-order valence-electron chi connectivity index (χ1n) is 7.24. The Labute approximate surface area is 99.8 Å². The van der Waals surface area contributed by atoms with Crippen molar-refractivity contribution in [3.05, 3.63) is 0 Å². The molecular formula is C14H26N2. The Morgan fingerprint density at radius 1 is 1.25 bits per heavy atom. The van der Waals surface area contributed by atoms with Crippen molar-refractivity contribution < 1.29 is 0 Å². The third-order valence-electron chi connectivity index (χ3n) is 4.76. The molecule has 92 valence electrons. The van der Waals surface area contributed by atoms with E-state index < -0.39 is 0 Å². The number of hydrogen-bond acceptors (Lipinski definition) is 2. The largest absolute Gasteiger partial charge is 0.310 e. The van der Waals surface area contributed by atoms with Crippen LogP contribution in [0.4, 0.5) is 0 Å². The summed E-state index contributed by atoms with van der Waals surface area (Å²) >= 11 is 0. The van der Waals surface area contributed by atoms with Gasteiger partial charge in [-0.2, -0.15) is 0 Å². The first kappa shape index (κ1) is 11.0. The fourth-order valence-corrected chi connectivity index (χ4v) is 3.23. The maximum atomic E-state index is 3.81. The lowest BCUT2D eigenvalue weighted by Crippen LogP contribution is -2.51. The molecule has 2 nitrogen and oxygen atoms in total. The molecule has 3 aliphatic rings. The molecule has 0 aromatic rings. The van der Waals surface area contributed by atoms with Crippen LogP contribution in [0.15, 0.2) is 0 Å². The number of nitrogens with zero attached hydrogens (tertiary/aromatic N) is 1. The highest BCUT2D eigenvalue weighted by Gasteiger charge is 2.42. The highest BCUT2D eigenvalue weighted by molar-refractivity contribution is 5.01. The Balaban J connectivity index is 1.54. The van der Waals surface area contributed by atoms with E-state index in [0.717, 1.165) is 11.8 Å². The normalized spacial score (nSPS) is 37.3. The molecule has 2 heteroatoms. The molecule has 16 heavy (non-hydrogen) atoms. The van der Waals surface area contributed by atoms with E-state index in [0.29, 0.717) is 5.54 Å². The fraction of sp³-hybridized carbons (Fsp3) is 1.00. The zero-order valence-corrected chi connectivity index (χ0v) is 10.7. The summed E-state index contributed by atoms with van der Waals surface area (Å²) in [7, 11) is 0. The van der Waals surface area contributed by atoms with E-state index in [2.05, 4.69) is 17.1 Å². The van der Waals surface area contributed by atoms with Crippen LogP contribution in [-0.4, -0.2) is 36.6 Å². The molecule has 1 heterocycles. The van der Waals surface area contributed by atoms with Gasteiger partial charge in [-0.05, 0) is 64.1 Å². The second kappa shape index (κ2) is 4.30. The van der Waals surface area contributed by atoms with Crippen LogP contribution in [0, 0.1) is 11.8 Å². The minimum atomic E-state index is 0.431. The number of hydrogen-bond donors (Lipinski definition) is 1. The van der Waals surface area contributed by atoms with E-state index in [4.69, 9.17) is 0 Å². The van der Waals surface area contributed by atoms with Crippen LogP contribution in [0.5, 0.6) is 0 Å². The van der Waals surface area contributed by atoms with Gasteiger partial charge in [0.05, 0.1) is 0 Å². The zero-order valence-electron chi connectivity index (χ0n) is 10.7. The highest BCUT2D eigenvalue weighted by atomic mass is 15.2. The summed E-state index contributed by atoms with van der Waals surface area (Å²) in [5, 5.41) is 3.81. The molecule has 0 radical (unpaired) electrons. The van der Waals surface area contributed by atoms with Gasteiger partial charge in [0.25, 0.3) is 0 Å². The van der Waals surface area contributed by atoms with Crippen LogP contribution in [0.25, 0.3) is 0 Å². The summed E-state index contributed by atoms with van der Waals surface area (Å²) in [5.74, 6) is 2.05. The predicted molar refractivity (Wildman–Crippen MR) is 67.5 cm³/mol. The molecular weight excluding hydrogens is 196 g/mol. The van der Waals surface area contributed by atoms with E-state index >= 15 is 0 Å². The molecule has 1 atom stereocenters. The second-order valence-electron chi connectivity index (χ2n) is 6.48. The summed E-state index contributed by atoms with van der Waals surface area (Å²) < 4.78 is 0. The van der Waals surface area contributed by atoms with Gasteiger partial charge in [0, 0.05) is 12.1 Å². The molecule has 2 aliphatic carbocycles. The van der Waals surface area contributed by atoms with Crippen molar-refractivity contribution in [1.82, 2.24) is 10.2 Å². The van der Waals surface area contributed by atoms with Crippen LogP contribution in [0.1, 0.15) is 45.4 Å². The average Bonchev–Trinajstić information content (AvgIpc) is 3.11. The van der Waals surface area contributed by atoms with Gasteiger partial charge in [-0.25, -0.2) is 0 Å². The molecule has 1 unspecified atom stereocenters. The summed E-state index contributed by atoms with van der Waals surface area (Å²) in [6.07, 6.45) is 8.73. The molecule has 1 N–H and O–H groups in total. The standard InChI is InChI=1S/C14H26N2/c1-14(13-5-6-13)11-16(9-2-8-15-14)10-7-12-3-4-12/h12-13,15H,2-11H2,1H3. The molecule has 0 aromatic heterocycles. The Hall–Kier alpha value is -0.0800. The average molecular weight is 222 g/mol. The maximum absolute atomic E-state index is 3.81. The summed E-state index contributed by atoms with van der Waals surface area (Å²) in [6.45, 7) is 7.66. The lowest BCUT2D eigenvalue weighted by molar-refractivity contribution is 0.197. The van der Waals surface area contributed by atoms with Crippen LogP contribution in [-0.2, 0) is 0 Å². The lowest BCUT2D eigenvalue weighted by atomic mass is 9.95. The Bertz CT molecular complexity index is 245. The van der Waals surface area contributed by atoms with Gasteiger partial charge in [-0.1, -0.05) is 12.8 Å².